The average molecular weight is 390 g/mol. The predicted octanol–water partition coefficient (Wildman–Crippen LogP) is 4.42. The quantitative estimate of drug-likeness (QED) is 0.574. The van der Waals surface area contributed by atoms with Crippen LogP contribution in [-0.2, 0) is 11.4 Å². The summed E-state index contributed by atoms with van der Waals surface area (Å²) in [5, 5.41) is 11.7. The van der Waals surface area contributed by atoms with E-state index in [0.717, 1.165) is 5.75 Å². The first kappa shape index (κ1) is 18.3. The number of benzene rings is 2. The van der Waals surface area contributed by atoms with Gasteiger partial charge in [0.15, 0.2) is 6.61 Å². The second kappa shape index (κ2) is 9.26. The molecule has 1 heterocycles. The van der Waals surface area contributed by atoms with Crippen LogP contribution in [0.4, 0.5) is 5.69 Å². The van der Waals surface area contributed by atoms with Crippen LogP contribution in [0, 0.1) is 0 Å². The maximum atomic E-state index is 11.9. The Kier molecular flexibility index (Phi) is 6.51. The molecule has 0 aliphatic rings. The first-order valence-corrected chi connectivity index (χ1v) is 9.24. The number of halogens is 1. The molecule has 8 heteroatoms. The number of anilines is 1. The monoisotopic (exact) mass is 389 g/mol. The number of hydrogen-bond acceptors (Lipinski definition) is 6. The number of hydrogen-bond donors (Lipinski definition) is 1. The fraction of sp³-hybridized carbons (Fsp3) is 0.167. The van der Waals surface area contributed by atoms with Crippen molar-refractivity contribution < 1.29 is 13.9 Å². The van der Waals surface area contributed by atoms with E-state index in [9.17, 15) is 4.79 Å². The number of carbonyl (C=O) groups is 1. The van der Waals surface area contributed by atoms with Gasteiger partial charge >= 0.3 is 0 Å². The van der Waals surface area contributed by atoms with E-state index in [1.54, 1.807) is 24.3 Å². The lowest BCUT2D eigenvalue weighted by Gasteiger charge is -2.04. The zero-order valence-electron chi connectivity index (χ0n) is 13.7. The second-order valence-corrected chi connectivity index (χ2v) is 6.70. The molecule has 134 valence electrons. The van der Waals surface area contributed by atoms with Crippen molar-refractivity contribution in [2.75, 3.05) is 11.1 Å². The third-order valence-corrected chi connectivity index (χ3v) is 4.31. The molecular formula is C18H16ClN3O3S. The minimum Gasteiger partial charge on any atom is -0.484 e. The summed E-state index contributed by atoms with van der Waals surface area (Å²) < 4.78 is 11.0. The Balaban J connectivity index is 1.39. The summed E-state index contributed by atoms with van der Waals surface area (Å²) in [5.41, 5.74) is 0.711. The molecule has 0 fully saturated rings. The molecule has 3 aromatic rings. The molecule has 1 N–H and O–H groups in total. The lowest BCUT2D eigenvalue weighted by molar-refractivity contribution is -0.115. The van der Waals surface area contributed by atoms with Gasteiger partial charge in [-0.25, -0.2) is 0 Å². The fourth-order valence-electron chi connectivity index (χ4n) is 2.00. The average Bonchev–Trinajstić information content (AvgIpc) is 3.11. The van der Waals surface area contributed by atoms with Crippen molar-refractivity contribution in [3.63, 3.8) is 0 Å². The van der Waals surface area contributed by atoms with E-state index in [-0.39, 0.29) is 12.5 Å². The first-order chi connectivity index (χ1) is 12.7. The maximum absolute atomic E-state index is 11.9. The molecule has 3 rings (SSSR count). The third kappa shape index (κ3) is 5.79. The molecule has 2 aromatic carbocycles. The molecule has 0 aliphatic heterocycles. The number of thioether (sulfide) groups is 1. The molecule has 6 nitrogen and oxygen atoms in total. The number of aromatic nitrogens is 2. The summed E-state index contributed by atoms with van der Waals surface area (Å²) in [6.45, 7) is 0.203. The summed E-state index contributed by atoms with van der Waals surface area (Å²) in [4.78, 5) is 11.9. The van der Waals surface area contributed by atoms with Crippen LogP contribution in [-0.4, -0.2) is 21.9 Å². The van der Waals surface area contributed by atoms with Gasteiger partial charge in [0.05, 0.1) is 0 Å². The molecule has 0 radical (unpaired) electrons. The number of nitrogens with one attached hydrogen (secondary N) is 1. The highest BCUT2D eigenvalue weighted by atomic mass is 35.5. The van der Waals surface area contributed by atoms with E-state index < -0.39 is 0 Å². The van der Waals surface area contributed by atoms with E-state index in [0.29, 0.717) is 34.0 Å². The number of nitrogens with zero attached hydrogens (tertiary/aromatic N) is 2. The normalized spacial score (nSPS) is 10.5. The molecule has 0 aliphatic carbocycles. The van der Waals surface area contributed by atoms with E-state index in [1.165, 1.54) is 11.8 Å². The number of carbonyl (C=O) groups excluding carboxylic acids is 1. The summed E-state index contributed by atoms with van der Waals surface area (Å²) >= 11 is 7.14. The van der Waals surface area contributed by atoms with Crippen LogP contribution >= 0.6 is 23.4 Å². The number of para-hydroxylation sites is 1. The van der Waals surface area contributed by atoms with Gasteiger partial charge in [0, 0.05) is 22.9 Å². The van der Waals surface area contributed by atoms with Gasteiger partial charge in [0.25, 0.3) is 11.1 Å². The minimum absolute atomic E-state index is 0.0908. The summed E-state index contributed by atoms with van der Waals surface area (Å²) in [7, 11) is 0. The smallest absolute Gasteiger partial charge is 0.276 e. The van der Waals surface area contributed by atoms with Crippen molar-refractivity contribution in [3.05, 3.63) is 65.5 Å². The van der Waals surface area contributed by atoms with E-state index in [4.69, 9.17) is 20.8 Å². The van der Waals surface area contributed by atoms with Gasteiger partial charge in [-0.2, -0.15) is 0 Å². The number of rotatable bonds is 8. The Hall–Kier alpha value is -2.51. The Labute approximate surface area is 159 Å². The second-order valence-electron chi connectivity index (χ2n) is 5.22. The van der Waals surface area contributed by atoms with Gasteiger partial charge in [0.1, 0.15) is 5.75 Å². The molecule has 1 aromatic heterocycles. The van der Waals surface area contributed by atoms with Crippen LogP contribution in [0.25, 0.3) is 0 Å². The molecule has 0 saturated heterocycles. The largest absolute Gasteiger partial charge is 0.484 e. The Morgan fingerprint density at radius 2 is 1.88 bits per heavy atom. The van der Waals surface area contributed by atoms with Crippen molar-refractivity contribution in [1.29, 1.82) is 0 Å². The Bertz CT molecular complexity index is 840. The molecule has 0 spiro atoms. The van der Waals surface area contributed by atoms with Crippen LogP contribution in [0.1, 0.15) is 12.3 Å². The van der Waals surface area contributed by atoms with Crippen LogP contribution in [0.3, 0.4) is 0 Å². The SMILES string of the molecule is O=C(CCSc1nnc(COc2ccccc2)o1)Nc1ccc(Cl)cc1. The minimum atomic E-state index is -0.0908. The fourth-order valence-corrected chi connectivity index (χ4v) is 2.85. The van der Waals surface area contributed by atoms with Crippen LogP contribution in [0.15, 0.2) is 64.2 Å². The first-order valence-electron chi connectivity index (χ1n) is 7.87. The highest BCUT2D eigenvalue weighted by Gasteiger charge is 2.09. The molecule has 26 heavy (non-hydrogen) atoms. The zero-order chi connectivity index (χ0) is 18.2. The van der Waals surface area contributed by atoms with Crippen LogP contribution in [0.2, 0.25) is 5.02 Å². The topological polar surface area (TPSA) is 77.2 Å². The van der Waals surface area contributed by atoms with Gasteiger partial charge in [-0.15, -0.1) is 10.2 Å². The molecule has 0 atom stereocenters. The maximum Gasteiger partial charge on any atom is 0.276 e. The highest BCUT2D eigenvalue weighted by molar-refractivity contribution is 7.99. The van der Waals surface area contributed by atoms with Gasteiger partial charge in [0.2, 0.25) is 5.91 Å². The highest BCUT2D eigenvalue weighted by Crippen LogP contribution is 2.19. The summed E-state index contributed by atoms with van der Waals surface area (Å²) in [6.07, 6.45) is 0.325. The lowest BCUT2D eigenvalue weighted by Crippen LogP contribution is -2.11. The molecule has 0 saturated carbocycles. The van der Waals surface area contributed by atoms with Crippen molar-refractivity contribution in [2.45, 2.75) is 18.3 Å². The standard InChI is InChI=1S/C18H16ClN3O3S/c19-13-6-8-14(9-7-13)20-16(23)10-11-26-18-22-21-17(25-18)12-24-15-4-2-1-3-5-15/h1-9H,10-12H2,(H,20,23). The third-order valence-electron chi connectivity index (χ3n) is 3.24. The molecule has 1 amide bonds. The molecular weight excluding hydrogens is 374 g/mol. The van der Waals surface area contributed by atoms with Gasteiger partial charge in [-0.1, -0.05) is 41.6 Å². The van der Waals surface area contributed by atoms with Crippen molar-refractivity contribution in [1.82, 2.24) is 10.2 Å². The number of ether oxygens (including phenoxy) is 1. The van der Waals surface area contributed by atoms with Gasteiger partial charge < -0.3 is 14.5 Å². The van der Waals surface area contributed by atoms with Crippen molar-refractivity contribution in [3.8, 4) is 5.75 Å². The molecule has 0 unspecified atom stereocenters. The van der Waals surface area contributed by atoms with Gasteiger partial charge in [-0.05, 0) is 36.4 Å². The zero-order valence-corrected chi connectivity index (χ0v) is 15.3. The summed E-state index contributed by atoms with van der Waals surface area (Å²) in [6, 6.07) is 16.4. The van der Waals surface area contributed by atoms with E-state index in [1.807, 2.05) is 30.3 Å². The predicted molar refractivity (Wildman–Crippen MR) is 100 cm³/mol. The van der Waals surface area contributed by atoms with Gasteiger partial charge in [-0.3, -0.25) is 4.79 Å². The number of amides is 1. The van der Waals surface area contributed by atoms with Crippen molar-refractivity contribution >= 4 is 35.0 Å². The lowest BCUT2D eigenvalue weighted by atomic mass is 10.3. The summed E-state index contributed by atoms with van der Waals surface area (Å²) in [5.74, 6) is 1.56. The van der Waals surface area contributed by atoms with Crippen LogP contribution < -0.4 is 10.1 Å². The Morgan fingerprint density at radius 3 is 2.65 bits per heavy atom. The van der Waals surface area contributed by atoms with Crippen LogP contribution in [0.5, 0.6) is 5.75 Å². The molecule has 0 bridgehead atoms. The Morgan fingerprint density at radius 1 is 1.12 bits per heavy atom. The van der Waals surface area contributed by atoms with Crippen molar-refractivity contribution in [2.24, 2.45) is 0 Å². The van der Waals surface area contributed by atoms with E-state index >= 15 is 0 Å². The van der Waals surface area contributed by atoms with E-state index in [2.05, 4.69) is 15.5 Å².